The monoisotopic (exact) mass is 325 g/mol. The Balaban J connectivity index is 1.97. The molecule has 7 heteroatoms. The van der Waals surface area contributed by atoms with Crippen LogP contribution in [0, 0.1) is 0 Å². The van der Waals surface area contributed by atoms with E-state index in [2.05, 4.69) is 10.2 Å². The number of piperazine rings is 1. The van der Waals surface area contributed by atoms with Gasteiger partial charge in [0.1, 0.15) is 6.04 Å². The second kappa shape index (κ2) is 7.58. The Kier molecular flexibility index (Phi) is 5.76. The number of likely N-dealkylation sites (N-methyl/N-ethyl adjacent to an activating group) is 1. The van der Waals surface area contributed by atoms with Gasteiger partial charge in [0.2, 0.25) is 5.91 Å². The number of anilines is 1. The molecule has 0 bridgehead atoms. The first-order chi connectivity index (χ1) is 10.5. The summed E-state index contributed by atoms with van der Waals surface area (Å²) in [5, 5.41) is 12.5. The van der Waals surface area contributed by atoms with Crippen LogP contribution in [0.2, 0.25) is 5.02 Å². The van der Waals surface area contributed by atoms with Gasteiger partial charge in [0.05, 0.1) is 17.1 Å². The van der Waals surface area contributed by atoms with Crippen LogP contribution in [0.5, 0.6) is 0 Å². The molecular weight excluding hydrogens is 306 g/mol. The summed E-state index contributed by atoms with van der Waals surface area (Å²) in [5.41, 5.74) is 0.497. The van der Waals surface area contributed by atoms with Gasteiger partial charge in [-0.05, 0) is 19.2 Å². The van der Waals surface area contributed by atoms with E-state index in [0.717, 1.165) is 13.1 Å². The Morgan fingerprint density at radius 2 is 1.91 bits per heavy atom. The Labute approximate surface area is 134 Å². The van der Waals surface area contributed by atoms with E-state index in [-0.39, 0.29) is 12.3 Å². The minimum atomic E-state index is -0.973. The van der Waals surface area contributed by atoms with Crippen LogP contribution in [0.4, 0.5) is 5.69 Å². The number of hydrogen-bond acceptors (Lipinski definition) is 4. The quantitative estimate of drug-likeness (QED) is 0.855. The van der Waals surface area contributed by atoms with Crippen molar-refractivity contribution >= 4 is 29.2 Å². The third-order valence-corrected chi connectivity index (χ3v) is 4.12. The lowest BCUT2D eigenvalue weighted by atomic mass is 10.1. The molecule has 0 unspecified atom stereocenters. The van der Waals surface area contributed by atoms with Gasteiger partial charge in [-0.1, -0.05) is 23.7 Å². The van der Waals surface area contributed by atoms with Crippen molar-refractivity contribution in [1.29, 1.82) is 0 Å². The number of aliphatic carboxylic acids is 1. The molecule has 2 N–H and O–H groups in total. The first-order valence-electron chi connectivity index (χ1n) is 7.17. The number of halogens is 1. The van der Waals surface area contributed by atoms with Crippen LogP contribution in [-0.4, -0.2) is 66.1 Å². The Bertz CT molecular complexity index is 545. The Hall–Kier alpha value is -1.63. The predicted molar refractivity (Wildman–Crippen MR) is 85.2 cm³/mol. The van der Waals surface area contributed by atoms with Crippen molar-refractivity contribution in [3.05, 3.63) is 29.3 Å². The van der Waals surface area contributed by atoms with E-state index in [0.29, 0.717) is 23.8 Å². The molecule has 1 aromatic carbocycles. The zero-order valence-corrected chi connectivity index (χ0v) is 13.2. The summed E-state index contributed by atoms with van der Waals surface area (Å²) in [6.07, 6.45) is -0.0930. The van der Waals surface area contributed by atoms with Crippen molar-refractivity contribution in [3.63, 3.8) is 0 Å². The molecule has 120 valence electrons. The molecule has 1 atom stereocenters. The van der Waals surface area contributed by atoms with Crippen LogP contribution in [0.25, 0.3) is 0 Å². The highest BCUT2D eigenvalue weighted by molar-refractivity contribution is 6.33. The zero-order chi connectivity index (χ0) is 16.1. The molecule has 2 rings (SSSR count). The lowest BCUT2D eigenvalue weighted by Crippen LogP contribution is -2.52. The largest absolute Gasteiger partial charge is 0.480 e. The highest BCUT2D eigenvalue weighted by Gasteiger charge is 2.30. The molecule has 1 aliphatic rings. The maximum absolute atomic E-state index is 12.1. The molecular formula is C15H20ClN3O3. The molecule has 0 aliphatic carbocycles. The van der Waals surface area contributed by atoms with Crippen LogP contribution in [0.15, 0.2) is 24.3 Å². The Morgan fingerprint density at radius 1 is 1.27 bits per heavy atom. The van der Waals surface area contributed by atoms with Gasteiger partial charge >= 0.3 is 5.97 Å². The highest BCUT2D eigenvalue weighted by Crippen LogP contribution is 2.21. The molecule has 0 radical (unpaired) electrons. The molecule has 0 spiro atoms. The second-order valence-corrected chi connectivity index (χ2v) is 5.83. The van der Waals surface area contributed by atoms with E-state index in [9.17, 15) is 14.7 Å². The molecule has 1 saturated heterocycles. The first-order valence-corrected chi connectivity index (χ1v) is 7.55. The average Bonchev–Trinajstić information content (AvgIpc) is 2.48. The minimum Gasteiger partial charge on any atom is -0.480 e. The summed E-state index contributed by atoms with van der Waals surface area (Å²) in [7, 11) is 2.00. The van der Waals surface area contributed by atoms with E-state index < -0.39 is 12.0 Å². The third-order valence-electron chi connectivity index (χ3n) is 3.79. The van der Waals surface area contributed by atoms with Gasteiger partial charge in [-0.2, -0.15) is 0 Å². The smallest absolute Gasteiger partial charge is 0.321 e. The number of amides is 1. The van der Waals surface area contributed by atoms with E-state index in [1.807, 2.05) is 11.9 Å². The number of nitrogens with zero attached hydrogens (tertiary/aromatic N) is 2. The first kappa shape index (κ1) is 16.7. The van der Waals surface area contributed by atoms with Gasteiger partial charge < -0.3 is 15.3 Å². The summed E-state index contributed by atoms with van der Waals surface area (Å²) in [5.74, 6) is -1.32. The van der Waals surface area contributed by atoms with E-state index in [4.69, 9.17) is 11.6 Å². The van der Waals surface area contributed by atoms with Gasteiger partial charge in [0.15, 0.2) is 0 Å². The van der Waals surface area contributed by atoms with Crippen LogP contribution < -0.4 is 5.32 Å². The van der Waals surface area contributed by atoms with Crippen molar-refractivity contribution in [2.75, 3.05) is 38.5 Å². The number of carbonyl (C=O) groups excluding carboxylic acids is 1. The van der Waals surface area contributed by atoms with Crippen LogP contribution >= 0.6 is 11.6 Å². The zero-order valence-electron chi connectivity index (χ0n) is 12.5. The maximum Gasteiger partial charge on any atom is 0.321 e. The van der Waals surface area contributed by atoms with Crippen molar-refractivity contribution in [1.82, 2.24) is 9.80 Å². The average molecular weight is 326 g/mol. The van der Waals surface area contributed by atoms with Crippen molar-refractivity contribution in [2.45, 2.75) is 12.5 Å². The summed E-state index contributed by atoms with van der Waals surface area (Å²) in [6, 6.07) is 6.08. The lowest BCUT2D eigenvalue weighted by Gasteiger charge is -2.35. The number of nitrogens with one attached hydrogen (secondary N) is 1. The van der Waals surface area contributed by atoms with Crippen LogP contribution in [0.1, 0.15) is 6.42 Å². The van der Waals surface area contributed by atoms with Gasteiger partial charge in [-0.15, -0.1) is 0 Å². The number of para-hydroxylation sites is 1. The Morgan fingerprint density at radius 3 is 2.50 bits per heavy atom. The van der Waals surface area contributed by atoms with E-state index >= 15 is 0 Å². The summed E-state index contributed by atoms with van der Waals surface area (Å²) < 4.78 is 0. The normalized spacial score (nSPS) is 17.9. The summed E-state index contributed by atoms with van der Waals surface area (Å²) in [4.78, 5) is 27.6. The molecule has 1 amide bonds. The lowest BCUT2D eigenvalue weighted by molar-refractivity contribution is -0.145. The van der Waals surface area contributed by atoms with Crippen molar-refractivity contribution < 1.29 is 14.7 Å². The number of carbonyl (C=O) groups is 2. The predicted octanol–water partition coefficient (Wildman–Crippen LogP) is 1.37. The summed E-state index contributed by atoms with van der Waals surface area (Å²) in [6.45, 7) is 2.89. The SMILES string of the molecule is CN1CCN([C@H](CC(=O)Nc2ccccc2Cl)C(=O)O)CC1. The minimum absolute atomic E-state index is 0.0930. The van der Waals surface area contributed by atoms with Crippen molar-refractivity contribution in [3.8, 4) is 0 Å². The fourth-order valence-electron chi connectivity index (χ4n) is 2.45. The molecule has 1 heterocycles. The van der Waals surface area contributed by atoms with Gasteiger partial charge in [-0.3, -0.25) is 14.5 Å². The third kappa shape index (κ3) is 4.43. The topological polar surface area (TPSA) is 72.9 Å². The molecule has 0 saturated carbocycles. The van der Waals surface area contributed by atoms with Gasteiger partial charge in [-0.25, -0.2) is 0 Å². The number of hydrogen-bond donors (Lipinski definition) is 2. The summed E-state index contributed by atoms with van der Waals surface area (Å²) >= 11 is 5.99. The number of rotatable bonds is 5. The van der Waals surface area contributed by atoms with E-state index in [1.165, 1.54) is 0 Å². The number of benzene rings is 1. The van der Waals surface area contributed by atoms with Gasteiger partial charge in [0, 0.05) is 26.2 Å². The fraction of sp³-hybridized carbons (Fsp3) is 0.467. The maximum atomic E-state index is 12.1. The van der Waals surface area contributed by atoms with Gasteiger partial charge in [0.25, 0.3) is 0 Å². The van der Waals surface area contributed by atoms with E-state index in [1.54, 1.807) is 24.3 Å². The molecule has 22 heavy (non-hydrogen) atoms. The van der Waals surface area contributed by atoms with Crippen molar-refractivity contribution in [2.24, 2.45) is 0 Å². The molecule has 1 aliphatic heterocycles. The van der Waals surface area contributed by atoms with Crippen LogP contribution in [-0.2, 0) is 9.59 Å². The molecule has 6 nitrogen and oxygen atoms in total. The molecule has 0 aromatic heterocycles. The van der Waals surface area contributed by atoms with Crippen LogP contribution in [0.3, 0.4) is 0 Å². The molecule has 1 aromatic rings. The number of carboxylic acids is 1. The molecule has 1 fully saturated rings. The fourth-order valence-corrected chi connectivity index (χ4v) is 2.63. The second-order valence-electron chi connectivity index (χ2n) is 5.43. The number of carboxylic acid groups (broad SMARTS) is 1. The highest BCUT2D eigenvalue weighted by atomic mass is 35.5. The standard InChI is InChI=1S/C15H20ClN3O3/c1-18-6-8-19(9-7-18)13(15(21)22)10-14(20)17-12-5-3-2-4-11(12)16/h2-5,13H,6-10H2,1H3,(H,17,20)(H,21,22)/t13-/m1/s1.